The van der Waals surface area contributed by atoms with E-state index in [1.807, 2.05) is 0 Å². The molecule has 0 spiro atoms. The fourth-order valence-corrected chi connectivity index (χ4v) is 2.26. The monoisotopic (exact) mass is 282 g/mol. The van der Waals surface area contributed by atoms with Crippen molar-refractivity contribution in [2.45, 2.75) is 13.2 Å². The lowest BCUT2D eigenvalue weighted by molar-refractivity contribution is 0.281. The molecule has 0 saturated carbocycles. The standard InChI is InChI=1S/C17H14O4/c18-9-11-1-4-13(5-2-11)15-8-14-7-12(10-19)3-6-16(14)21-17(15)20/h1-8,18-19H,9-10H2. The minimum Gasteiger partial charge on any atom is -0.422 e. The van der Waals surface area contributed by atoms with E-state index in [4.69, 9.17) is 9.52 Å². The van der Waals surface area contributed by atoms with Gasteiger partial charge < -0.3 is 14.6 Å². The van der Waals surface area contributed by atoms with E-state index in [0.717, 1.165) is 22.1 Å². The summed E-state index contributed by atoms with van der Waals surface area (Å²) in [4.78, 5) is 12.1. The van der Waals surface area contributed by atoms with Crippen LogP contribution in [0.25, 0.3) is 22.1 Å². The topological polar surface area (TPSA) is 70.7 Å². The first-order valence-electron chi connectivity index (χ1n) is 6.59. The second-order valence-electron chi connectivity index (χ2n) is 4.83. The summed E-state index contributed by atoms with van der Waals surface area (Å²) in [6.45, 7) is -0.0952. The highest BCUT2D eigenvalue weighted by Crippen LogP contribution is 2.22. The van der Waals surface area contributed by atoms with Crippen LogP contribution >= 0.6 is 0 Å². The fraction of sp³-hybridized carbons (Fsp3) is 0.118. The van der Waals surface area contributed by atoms with Crippen LogP contribution in [0.2, 0.25) is 0 Å². The van der Waals surface area contributed by atoms with Crippen molar-refractivity contribution in [2.75, 3.05) is 0 Å². The molecule has 0 amide bonds. The molecule has 2 N–H and O–H groups in total. The van der Waals surface area contributed by atoms with Gasteiger partial charge in [-0.05, 0) is 34.9 Å². The van der Waals surface area contributed by atoms with E-state index in [-0.39, 0.29) is 13.2 Å². The summed E-state index contributed by atoms with van der Waals surface area (Å²) in [6, 6.07) is 14.0. The van der Waals surface area contributed by atoms with Crippen LogP contribution < -0.4 is 5.63 Å². The molecule has 0 fully saturated rings. The van der Waals surface area contributed by atoms with Crippen LogP contribution in [0.15, 0.2) is 57.7 Å². The molecule has 21 heavy (non-hydrogen) atoms. The van der Waals surface area contributed by atoms with Gasteiger partial charge in [0.05, 0.1) is 18.8 Å². The predicted molar refractivity (Wildman–Crippen MR) is 79.8 cm³/mol. The average Bonchev–Trinajstić information content (AvgIpc) is 2.54. The van der Waals surface area contributed by atoms with Crippen LogP contribution in [0.5, 0.6) is 0 Å². The molecule has 0 aliphatic carbocycles. The highest BCUT2D eigenvalue weighted by atomic mass is 16.4. The highest BCUT2D eigenvalue weighted by molar-refractivity contribution is 5.82. The van der Waals surface area contributed by atoms with Crippen LogP contribution in [0, 0.1) is 0 Å². The molecule has 0 aliphatic heterocycles. The lowest BCUT2D eigenvalue weighted by Gasteiger charge is -2.05. The van der Waals surface area contributed by atoms with E-state index in [9.17, 15) is 9.90 Å². The van der Waals surface area contributed by atoms with Gasteiger partial charge in [-0.15, -0.1) is 0 Å². The maximum atomic E-state index is 12.1. The summed E-state index contributed by atoms with van der Waals surface area (Å²) in [5, 5.41) is 19.0. The van der Waals surface area contributed by atoms with Crippen molar-refractivity contribution < 1.29 is 14.6 Å². The lowest BCUT2D eigenvalue weighted by Crippen LogP contribution is -2.03. The smallest absolute Gasteiger partial charge is 0.344 e. The largest absolute Gasteiger partial charge is 0.422 e. The van der Waals surface area contributed by atoms with Gasteiger partial charge in [0.2, 0.25) is 0 Å². The molecule has 2 aromatic carbocycles. The number of aliphatic hydroxyl groups excluding tert-OH is 2. The van der Waals surface area contributed by atoms with Crippen LogP contribution in [0.3, 0.4) is 0 Å². The number of hydrogen-bond acceptors (Lipinski definition) is 4. The molecule has 0 radical (unpaired) electrons. The van der Waals surface area contributed by atoms with Gasteiger partial charge in [-0.1, -0.05) is 30.3 Å². The van der Waals surface area contributed by atoms with Crippen molar-refractivity contribution in [3.05, 3.63) is 70.1 Å². The number of fused-ring (bicyclic) bond motifs is 1. The third kappa shape index (κ3) is 2.59. The van der Waals surface area contributed by atoms with Crippen molar-refractivity contribution in [1.29, 1.82) is 0 Å². The van der Waals surface area contributed by atoms with Gasteiger partial charge in [-0.2, -0.15) is 0 Å². The summed E-state index contributed by atoms with van der Waals surface area (Å²) >= 11 is 0. The average molecular weight is 282 g/mol. The van der Waals surface area contributed by atoms with Gasteiger partial charge in [0.25, 0.3) is 0 Å². The molecule has 0 bridgehead atoms. The second kappa shape index (κ2) is 5.52. The van der Waals surface area contributed by atoms with Crippen LogP contribution in [-0.4, -0.2) is 10.2 Å². The Bertz CT molecular complexity index is 832. The normalized spacial score (nSPS) is 11.0. The first-order valence-corrected chi connectivity index (χ1v) is 6.59. The van der Waals surface area contributed by atoms with E-state index < -0.39 is 5.63 Å². The number of rotatable bonds is 3. The van der Waals surface area contributed by atoms with E-state index in [0.29, 0.717) is 11.1 Å². The maximum absolute atomic E-state index is 12.1. The van der Waals surface area contributed by atoms with Gasteiger partial charge in [0.1, 0.15) is 5.58 Å². The Morgan fingerprint density at radius 2 is 1.52 bits per heavy atom. The first-order chi connectivity index (χ1) is 10.2. The molecule has 106 valence electrons. The van der Waals surface area contributed by atoms with Crippen LogP contribution in [0.4, 0.5) is 0 Å². The Kier molecular flexibility index (Phi) is 3.56. The summed E-state index contributed by atoms with van der Waals surface area (Å²) < 4.78 is 5.32. The third-order valence-electron chi connectivity index (χ3n) is 3.43. The number of aliphatic hydroxyl groups is 2. The zero-order valence-corrected chi connectivity index (χ0v) is 11.2. The molecule has 0 unspecified atom stereocenters. The van der Waals surface area contributed by atoms with Gasteiger partial charge >= 0.3 is 5.63 Å². The molecular weight excluding hydrogens is 268 g/mol. The predicted octanol–water partition coefficient (Wildman–Crippen LogP) is 2.44. The summed E-state index contributed by atoms with van der Waals surface area (Å²) in [5.74, 6) is 0. The Morgan fingerprint density at radius 1 is 0.857 bits per heavy atom. The Morgan fingerprint density at radius 3 is 2.19 bits per heavy atom. The van der Waals surface area contributed by atoms with E-state index in [1.165, 1.54) is 0 Å². The highest BCUT2D eigenvalue weighted by Gasteiger charge is 2.08. The van der Waals surface area contributed by atoms with Crippen LogP contribution in [0.1, 0.15) is 11.1 Å². The van der Waals surface area contributed by atoms with Crippen molar-refractivity contribution in [1.82, 2.24) is 0 Å². The van der Waals surface area contributed by atoms with Gasteiger partial charge in [-0.25, -0.2) is 4.79 Å². The van der Waals surface area contributed by atoms with Crippen molar-refractivity contribution in [3.8, 4) is 11.1 Å². The molecule has 4 nitrogen and oxygen atoms in total. The number of benzene rings is 2. The maximum Gasteiger partial charge on any atom is 0.344 e. The lowest BCUT2D eigenvalue weighted by atomic mass is 10.0. The quantitative estimate of drug-likeness (QED) is 0.724. The molecule has 0 atom stereocenters. The molecule has 1 aromatic heterocycles. The van der Waals surface area contributed by atoms with Crippen LogP contribution in [-0.2, 0) is 13.2 Å². The summed E-state index contributed by atoms with van der Waals surface area (Å²) in [7, 11) is 0. The van der Waals surface area contributed by atoms with Crippen molar-refractivity contribution in [2.24, 2.45) is 0 Å². The Labute approximate surface area is 120 Å². The molecule has 0 saturated heterocycles. The third-order valence-corrected chi connectivity index (χ3v) is 3.43. The Balaban J connectivity index is 2.16. The molecule has 4 heteroatoms. The first kappa shape index (κ1) is 13.5. The van der Waals surface area contributed by atoms with Crippen molar-refractivity contribution in [3.63, 3.8) is 0 Å². The zero-order valence-electron chi connectivity index (χ0n) is 11.2. The Hall–Kier alpha value is -2.43. The van der Waals surface area contributed by atoms with E-state index in [1.54, 1.807) is 48.5 Å². The van der Waals surface area contributed by atoms with Gasteiger partial charge in [-0.3, -0.25) is 0 Å². The second-order valence-corrected chi connectivity index (χ2v) is 4.83. The molecule has 3 aromatic rings. The van der Waals surface area contributed by atoms with E-state index in [2.05, 4.69) is 0 Å². The fourth-order valence-electron chi connectivity index (χ4n) is 2.26. The van der Waals surface area contributed by atoms with Crippen molar-refractivity contribution >= 4 is 11.0 Å². The minimum atomic E-state index is -0.406. The zero-order chi connectivity index (χ0) is 14.8. The molecule has 1 heterocycles. The minimum absolute atomic E-state index is 0.0353. The molecule has 3 rings (SSSR count). The SMILES string of the molecule is O=c1oc2ccc(CO)cc2cc1-c1ccc(CO)cc1. The number of hydrogen-bond donors (Lipinski definition) is 2. The van der Waals surface area contributed by atoms with E-state index >= 15 is 0 Å². The molecule has 0 aliphatic rings. The van der Waals surface area contributed by atoms with Gasteiger partial charge in [0, 0.05) is 5.39 Å². The van der Waals surface area contributed by atoms with Gasteiger partial charge in [0.15, 0.2) is 0 Å². The summed E-state index contributed by atoms with van der Waals surface area (Å²) in [6.07, 6.45) is 0. The molecular formula is C17H14O4. The summed E-state index contributed by atoms with van der Waals surface area (Å²) in [5.41, 5.74) is 2.83.